The van der Waals surface area contributed by atoms with Crippen molar-refractivity contribution >= 4 is 21.0 Å². The van der Waals surface area contributed by atoms with E-state index in [2.05, 4.69) is 32.6 Å². The van der Waals surface area contributed by atoms with Crippen LogP contribution in [0.25, 0.3) is 16.6 Å². The monoisotopic (exact) mass is 355 g/mol. The second-order valence-electron chi connectivity index (χ2n) is 4.88. The van der Waals surface area contributed by atoms with Crippen molar-refractivity contribution in [3.8, 4) is 5.69 Å². The fourth-order valence-electron chi connectivity index (χ4n) is 2.09. The number of fused-ring (bicyclic) bond motifs is 1. The molecule has 0 radical (unpaired) electrons. The summed E-state index contributed by atoms with van der Waals surface area (Å²) < 4.78 is 31.5. The van der Waals surface area contributed by atoms with E-state index in [-0.39, 0.29) is 0 Å². The fourth-order valence-corrected chi connectivity index (χ4v) is 2.59. The van der Waals surface area contributed by atoms with Gasteiger partial charge in [-0.05, 0) is 34.7 Å². The third-order valence-corrected chi connectivity index (χ3v) is 3.90. The highest BCUT2D eigenvalue weighted by Gasteiger charge is 2.20. The molecule has 9 heteroatoms. The SMILES string of the molecule is O=S(=O)(O)c1nnnn1-c1ccccc1.c1ccc2ncccc2c1. The van der Waals surface area contributed by atoms with Crippen molar-refractivity contribution < 1.29 is 13.0 Å². The second-order valence-corrected chi connectivity index (χ2v) is 6.20. The summed E-state index contributed by atoms with van der Waals surface area (Å²) in [4.78, 5) is 4.18. The van der Waals surface area contributed by atoms with Crippen molar-refractivity contribution in [3.63, 3.8) is 0 Å². The van der Waals surface area contributed by atoms with E-state index in [1.807, 2.05) is 30.5 Å². The molecule has 2 aromatic heterocycles. The molecular formula is C16H13N5O3S. The Morgan fingerprint density at radius 3 is 2.28 bits per heavy atom. The zero-order chi connectivity index (χ0) is 17.7. The van der Waals surface area contributed by atoms with E-state index in [0.717, 1.165) is 10.2 Å². The molecule has 0 amide bonds. The summed E-state index contributed by atoms with van der Waals surface area (Å²) in [5.41, 5.74) is 1.51. The lowest BCUT2D eigenvalue weighted by molar-refractivity contribution is 0.469. The first-order valence-electron chi connectivity index (χ1n) is 7.17. The zero-order valence-electron chi connectivity index (χ0n) is 12.8. The molecule has 4 rings (SSSR count). The number of tetrazole rings is 1. The maximum Gasteiger partial charge on any atom is 0.332 e. The summed E-state index contributed by atoms with van der Waals surface area (Å²) in [6, 6.07) is 20.5. The van der Waals surface area contributed by atoms with Crippen molar-refractivity contribution in [3.05, 3.63) is 72.9 Å². The van der Waals surface area contributed by atoms with Gasteiger partial charge in [0, 0.05) is 11.6 Å². The first-order chi connectivity index (χ1) is 12.1. The topological polar surface area (TPSA) is 111 Å². The van der Waals surface area contributed by atoms with Gasteiger partial charge in [-0.2, -0.15) is 13.1 Å². The van der Waals surface area contributed by atoms with Gasteiger partial charge in [-0.25, -0.2) is 0 Å². The van der Waals surface area contributed by atoms with Crippen LogP contribution in [-0.2, 0) is 10.1 Å². The number of aromatic nitrogens is 5. The minimum absolute atomic E-state index is 0.454. The number of para-hydroxylation sites is 2. The smallest absolute Gasteiger partial charge is 0.279 e. The minimum Gasteiger partial charge on any atom is -0.279 e. The second kappa shape index (κ2) is 7.16. The van der Waals surface area contributed by atoms with Crippen molar-refractivity contribution in [2.45, 2.75) is 5.16 Å². The van der Waals surface area contributed by atoms with Crippen molar-refractivity contribution in [1.29, 1.82) is 0 Å². The normalized spacial score (nSPS) is 10.9. The average molecular weight is 355 g/mol. The first kappa shape index (κ1) is 16.7. The van der Waals surface area contributed by atoms with E-state index < -0.39 is 15.3 Å². The van der Waals surface area contributed by atoms with Gasteiger partial charge in [0.2, 0.25) is 0 Å². The van der Waals surface area contributed by atoms with Crippen molar-refractivity contribution in [2.75, 3.05) is 0 Å². The van der Waals surface area contributed by atoms with Crippen LogP contribution in [0.4, 0.5) is 0 Å². The Kier molecular flexibility index (Phi) is 4.78. The number of hydrogen-bond acceptors (Lipinski definition) is 6. The van der Waals surface area contributed by atoms with Crippen molar-refractivity contribution in [2.24, 2.45) is 0 Å². The van der Waals surface area contributed by atoms with Crippen LogP contribution in [0.15, 0.2) is 78.1 Å². The molecule has 25 heavy (non-hydrogen) atoms. The average Bonchev–Trinajstić information content (AvgIpc) is 3.13. The molecule has 2 heterocycles. The summed E-state index contributed by atoms with van der Waals surface area (Å²) >= 11 is 0. The maximum atomic E-state index is 10.9. The van der Waals surface area contributed by atoms with E-state index in [0.29, 0.717) is 5.69 Å². The van der Waals surface area contributed by atoms with Crippen LogP contribution < -0.4 is 0 Å². The largest absolute Gasteiger partial charge is 0.332 e. The van der Waals surface area contributed by atoms with E-state index in [1.54, 1.807) is 30.3 Å². The van der Waals surface area contributed by atoms with E-state index in [1.165, 1.54) is 5.39 Å². The molecular weight excluding hydrogens is 342 g/mol. The Bertz CT molecular complexity index is 1020. The number of hydrogen-bond donors (Lipinski definition) is 1. The molecule has 1 N–H and O–H groups in total. The van der Waals surface area contributed by atoms with Crippen LogP contribution in [0.5, 0.6) is 0 Å². The van der Waals surface area contributed by atoms with E-state index in [4.69, 9.17) is 4.55 Å². The highest BCUT2D eigenvalue weighted by atomic mass is 32.2. The molecule has 0 saturated heterocycles. The minimum atomic E-state index is -4.41. The van der Waals surface area contributed by atoms with Crippen LogP contribution in [0, 0.1) is 0 Å². The molecule has 0 aliphatic rings. The summed E-state index contributed by atoms with van der Waals surface area (Å²) in [6.07, 6.45) is 1.81. The molecule has 0 aliphatic carbocycles. The van der Waals surface area contributed by atoms with Gasteiger partial charge in [-0.1, -0.05) is 47.6 Å². The Morgan fingerprint density at radius 1 is 0.880 bits per heavy atom. The third-order valence-electron chi connectivity index (χ3n) is 3.18. The molecule has 0 bridgehead atoms. The number of rotatable bonds is 2. The molecule has 126 valence electrons. The number of benzene rings is 2. The van der Waals surface area contributed by atoms with Gasteiger partial charge in [0.15, 0.2) is 0 Å². The van der Waals surface area contributed by atoms with Gasteiger partial charge in [0.1, 0.15) is 0 Å². The zero-order valence-corrected chi connectivity index (χ0v) is 13.7. The standard InChI is InChI=1S/C9H7N.C7H6N4O3S/c1-2-6-9-8(4-1)5-3-7-10-9;12-15(13,14)7-8-9-10-11(7)6-4-2-1-3-5-6/h1-7H;1-5H,(H,12,13,14). The Balaban J connectivity index is 0.000000157. The Morgan fingerprint density at radius 2 is 1.56 bits per heavy atom. The number of nitrogens with zero attached hydrogens (tertiary/aromatic N) is 5. The van der Waals surface area contributed by atoms with Crippen LogP contribution >= 0.6 is 0 Å². The van der Waals surface area contributed by atoms with E-state index in [9.17, 15) is 8.42 Å². The summed E-state index contributed by atoms with van der Waals surface area (Å²) in [5, 5.41) is 10.5. The highest BCUT2D eigenvalue weighted by Crippen LogP contribution is 2.10. The molecule has 0 aliphatic heterocycles. The molecule has 0 saturated carbocycles. The summed E-state index contributed by atoms with van der Waals surface area (Å²) in [7, 11) is -4.41. The van der Waals surface area contributed by atoms with Crippen LogP contribution in [0.3, 0.4) is 0 Å². The van der Waals surface area contributed by atoms with Crippen LogP contribution in [0.1, 0.15) is 0 Å². The lowest BCUT2D eigenvalue weighted by Crippen LogP contribution is -2.09. The van der Waals surface area contributed by atoms with E-state index >= 15 is 0 Å². The predicted octanol–water partition coefficient (Wildman–Crippen LogP) is 2.14. The quantitative estimate of drug-likeness (QED) is 0.548. The third kappa shape index (κ3) is 4.03. The predicted molar refractivity (Wildman–Crippen MR) is 90.7 cm³/mol. The molecule has 0 atom stereocenters. The first-order valence-corrected chi connectivity index (χ1v) is 8.61. The fraction of sp³-hybridized carbons (Fsp3) is 0. The molecule has 0 spiro atoms. The van der Waals surface area contributed by atoms with Gasteiger partial charge in [0.25, 0.3) is 5.16 Å². The van der Waals surface area contributed by atoms with Crippen LogP contribution in [0.2, 0.25) is 0 Å². The highest BCUT2D eigenvalue weighted by molar-refractivity contribution is 7.85. The molecule has 4 aromatic rings. The lowest BCUT2D eigenvalue weighted by atomic mass is 10.2. The summed E-state index contributed by atoms with van der Waals surface area (Å²) in [6.45, 7) is 0. The van der Waals surface area contributed by atoms with Crippen molar-refractivity contribution in [1.82, 2.24) is 25.2 Å². The molecule has 0 unspecified atom stereocenters. The molecule has 8 nitrogen and oxygen atoms in total. The molecule has 0 fully saturated rings. The summed E-state index contributed by atoms with van der Waals surface area (Å²) in [5.74, 6) is 0. The lowest BCUT2D eigenvalue weighted by Gasteiger charge is -2.00. The number of pyridine rings is 1. The van der Waals surface area contributed by atoms with Gasteiger partial charge < -0.3 is 0 Å². The van der Waals surface area contributed by atoms with Gasteiger partial charge >= 0.3 is 10.1 Å². The Labute approximate surface area is 143 Å². The van der Waals surface area contributed by atoms with Crippen LogP contribution in [-0.4, -0.2) is 38.2 Å². The maximum absolute atomic E-state index is 10.9. The molecule has 2 aromatic carbocycles. The Hall–Kier alpha value is -3.17. The van der Waals surface area contributed by atoms with Gasteiger partial charge in [0.05, 0.1) is 11.2 Å². The van der Waals surface area contributed by atoms with Gasteiger partial charge in [-0.15, -0.1) is 0 Å². The van der Waals surface area contributed by atoms with Gasteiger partial charge in [-0.3, -0.25) is 9.54 Å².